The summed E-state index contributed by atoms with van der Waals surface area (Å²) in [6.45, 7) is 0.241. The first-order chi connectivity index (χ1) is 13.1. The molecule has 1 saturated carbocycles. The molecule has 0 heterocycles. The van der Waals surface area contributed by atoms with Gasteiger partial charge in [-0.25, -0.2) is 9.38 Å². The van der Waals surface area contributed by atoms with Crippen molar-refractivity contribution in [3.63, 3.8) is 0 Å². The highest BCUT2D eigenvalue weighted by atomic mass is 79.9. The van der Waals surface area contributed by atoms with Gasteiger partial charge in [0.15, 0.2) is 5.96 Å². The van der Waals surface area contributed by atoms with Gasteiger partial charge in [0.1, 0.15) is 11.6 Å². The van der Waals surface area contributed by atoms with E-state index in [2.05, 4.69) is 31.6 Å². The van der Waals surface area contributed by atoms with Crippen LogP contribution in [0.25, 0.3) is 0 Å². The van der Waals surface area contributed by atoms with Crippen LogP contribution >= 0.6 is 15.9 Å². The van der Waals surface area contributed by atoms with E-state index in [9.17, 15) is 9.50 Å². The summed E-state index contributed by atoms with van der Waals surface area (Å²) in [5, 5.41) is 16.2. The number of hydrogen-bond acceptors (Lipinski definition) is 2. The lowest BCUT2D eigenvalue weighted by atomic mass is 10.1. The number of phenols is 1. The number of aliphatic imine (C=N–C) groups is 1. The minimum Gasteiger partial charge on any atom is -0.508 e. The summed E-state index contributed by atoms with van der Waals surface area (Å²) in [4.78, 5) is 4.61. The predicted molar refractivity (Wildman–Crippen MR) is 112 cm³/mol. The van der Waals surface area contributed by atoms with Crippen molar-refractivity contribution in [3.8, 4) is 5.75 Å². The van der Waals surface area contributed by atoms with E-state index < -0.39 is 0 Å². The third kappa shape index (κ3) is 6.24. The highest BCUT2D eigenvalue weighted by molar-refractivity contribution is 9.10. The third-order valence-electron chi connectivity index (χ3n) is 4.74. The van der Waals surface area contributed by atoms with Crippen molar-refractivity contribution in [1.29, 1.82) is 0 Å². The number of nitrogens with one attached hydrogen (secondary N) is 2. The second-order valence-electron chi connectivity index (χ2n) is 6.91. The molecule has 0 spiro atoms. The molecule has 1 aliphatic carbocycles. The largest absolute Gasteiger partial charge is 0.508 e. The molecule has 0 amide bonds. The van der Waals surface area contributed by atoms with E-state index in [-0.39, 0.29) is 18.1 Å². The molecule has 2 aromatic carbocycles. The predicted octanol–water partition coefficient (Wildman–Crippen LogP) is 5.57. The molecular weight excluding hydrogens is 409 g/mol. The van der Waals surface area contributed by atoms with Gasteiger partial charge in [-0.05, 0) is 55.3 Å². The van der Waals surface area contributed by atoms with Gasteiger partial charge in [0.05, 0.1) is 6.54 Å². The van der Waals surface area contributed by atoms with Crippen molar-refractivity contribution < 1.29 is 9.50 Å². The molecule has 0 aromatic heterocycles. The first kappa shape index (κ1) is 19.7. The van der Waals surface area contributed by atoms with Crippen molar-refractivity contribution in [2.24, 2.45) is 4.99 Å². The minimum absolute atomic E-state index is 0.215. The second kappa shape index (κ2) is 9.74. The maximum Gasteiger partial charge on any atom is 0.196 e. The van der Waals surface area contributed by atoms with E-state index in [1.54, 1.807) is 36.4 Å². The minimum atomic E-state index is -0.264. The normalized spacial score (nSPS) is 16.0. The number of hydrogen-bond donors (Lipinski definition) is 3. The van der Waals surface area contributed by atoms with Gasteiger partial charge in [-0.3, -0.25) is 0 Å². The third-order valence-corrected chi connectivity index (χ3v) is 5.23. The molecule has 27 heavy (non-hydrogen) atoms. The first-order valence-electron chi connectivity index (χ1n) is 9.41. The molecule has 1 fully saturated rings. The molecule has 4 nitrogen and oxygen atoms in total. The Labute approximate surface area is 168 Å². The molecule has 1 aliphatic rings. The van der Waals surface area contributed by atoms with Gasteiger partial charge in [0.2, 0.25) is 0 Å². The molecule has 0 saturated heterocycles. The van der Waals surface area contributed by atoms with Gasteiger partial charge < -0.3 is 15.7 Å². The summed E-state index contributed by atoms with van der Waals surface area (Å²) >= 11 is 3.38. The number of aromatic hydroxyl groups is 1. The Bertz CT molecular complexity index is 771. The van der Waals surface area contributed by atoms with Crippen molar-refractivity contribution >= 4 is 27.6 Å². The zero-order valence-electron chi connectivity index (χ0n) is 15.2. The van der Waals surface area contributed by atoms with E-state index in [1.807, 2.05) is 0 Å². The number of benzene rings is 2. The van der Waals surface area contributed by atoms with Crippen molar-refractivity contribution in [2.75, 3.05) is 5.32 Å². The Morgan fingerprint density at radius 2 is 1.78 bits per heavy atom. The topological polar surface area (TPSA) is 56.6 Å². The maximum absolute atomic E-state index is 14.0. The fourth-order valence-electron chi connectivity index (χ4n) is 3.25. The molecule has 3 rings (SSSR count). The van der Waals surface area contributed by atoms with Crippen LogP contribution in [0.1, 0.15) is 44.1 Å². The summed E-state index contributed by atoms with van der Waals surface area (Å²) in [5.41, 5.74) is 1.36. The smallest absolute Gasteiger partial charge is 0.196 e. The molecule has 0 aliphatic heterocycles. The van der Waals surface area contributed by atoms with Gasteiger partial charge in [0.25, 0.3) is 0 Å². The zero-order valence-corrected chi connectivity index (χ0v) is 16.8. The van der Waals surface area contributed by atoms with Crippen molar-refractivity contribution in [3.05, 3.63) is 58.3 Å². The molecule has 3 N–H and O–H groups in total. The Morgan fingerprint density at radius 3 is 2.48 bits per heavy atom. The van der Waals surface area contributed by atoms with Crippen LogP contribution in [-0.4, -0.2) is 17.1 Å². The number of phenolic OH excluding ortho intramolecular Hbond substituents is 1. The van der Waals surface area contributed by atoms with Crippen LogP contribution < -0.4 is 10.6 Å². The monoisotopic (exact) mass is 433 g/mol. The van der Waals surface area contributed by atoms with Crippen LogP contribution in [0.4, 0.5) is 10.1 Å². The van der Waals surface area contributed by atoms with Crippen molar-refractivity contribution in [2.45, 2.75) is 51.1 Å². The molecule has 6 heteroatoms. The summed E-state index contributed by atoms with van der Waals surface area (Å²) in [5.74, 6) is 0.583. The quantitative estimate of drug-likeness (QED) is 0.255. The zero-order chi connectivity index (χ0) is 19.1. The number of anilines is 1. The fraction of sp³-hybridized carbons (Fsp3) is 0.381. The van der Waals surface area contributed by atoms with E-state index in [0.717, 1.165) is 23.0 Å². The summed E-state index contributed by atoms with van der Waals surface area (Å²) in [6, 6.07) is 12.1. The van der Waals surface area contributed by atoms with Crippen LogP contribution in [0.15, 0.2) is 51.9 Å². The number of nitrogens with zero attached hydrogens (tertiary/aromatic N) is 1. The molecule has 144 valence electrons. The van der Waals surface area contributed by atoms with Gasteiger partial charge in [-0.1, -0.05) is 41.6 Å². The SMILES string of the molecule is Oc1ccc(NC(=NCc2cc(Br)ccc2F)NC2CCCCCC2)cc1. The van der Waals surface area contributed by atoms with E-state index in [1.165, 1.54) is 31.7 Å². The molecule has 0 radical (unpaired) electrons. The Balaban J connectivity index is 1.76. The Hall–Kier alpha value is -2.08. The van der Waals surface area contributed by atoms with Gasteiger partial charge in [-0.15, -0.1) is 0 Å². The van der Waals surface area contributed by atoms with Crippen LogP contribution in [0.5, 0.6) is 5.75 Å². The van der Waals surface area contributed by atoms with Crippen LogP contribution in [0, 0.1) is 5.82 Å². The number of guanidine groups is 1. The van der Waals surface area contributed by atoms with E-state index in [4.69, 9.17) is 0 Å². The number of halogens is 2. The number of rotatable bonds is 4. The molecular formula is C21H25BrFN3O. The lowest BCUT2D eigenvalue weighted by Crippen LogP contribution is -2.39. The maximum atomic E-state index is 14.0. The average molecular weight is 434 g/mol. The Morgan fingerprint density at radius 1 is 1.07 bits per heavy atom. The van der Waals surface area contributed by atoms with Gasteiger partial charge >= 0.3 is 0 Å². The van der Waals surface area contributed by atoms with Gasteiger partial charge in [-0.2, -0.15) is 0 Å². The lowest BCUT2D eigenvalue weighted by Gasteiger charge is -2.20. The standard InChI is InChI=1S/C21H25BrFN3O/c22-16-7-12-20(23)15(13-16)14-24-21(25-17-5-3-1-2-4-6-17)26-18-8-10-19(27)11-9-18/h7-13,17,27H,1-6,14H2,(H2,24,25,26). The van der Waals surface area contributed by atoms with Crippen molar-refractivity contribution in [1.82, 2.24) is 5.32 Å². The molecule has 0 atom stereocenters. The van der Waals surface area contributed by atoms with Crippen LogP contribution in [0.2, 0.25) is 0 Å². The Kier molecular flexibility index (Phi) is 7.10. The first-order valence-corrected chi connectivity index (χ1v) is 10.2. The molecule has 0 bridgehead atoms. The summed E-state index contributed by atoms with van der Waals surface area (Å²) < 4.78 is 14.9. The average Bonchev–Trinajstić information content (AvgIpc) is 2.93. The summed E-state index contributed by atoms with van der Waals surface area (Å²) in [7, 11) is 0. The van der Waals surface area contributed by atoms with Gasteiger partial charge in [0, 0.05) is 21.8 Å². The van der Waals surface area contributed by atoms with Crippen LogP contribution in [-0.2, 0) is 6.54 Å². The van der Waals surface area contributed by atoms with E-state index in [0.29, 0.717) is 17.6 Å². The summed E-state index contributed by atoms with van der Waals surface area (Å²) in [6.07, 6.45) is 7.20. The highest BCUT2D eigenvalue weighted by Gasteiger charge is 2.14. The van der Waals surface area contributed by atoms with E-state index >= 15 is 0 Å². The highest BCUT2D eigenvalue weighted by Crippen LogP contribution is 2.19. The molecule has 2 aromatic rings. The second-order valence-corrected chi connectivity index (χ2v) is 7.82. The fourth-order valence-corrected chi connectivity index (χ4v) is 3.66. The molecule has 0 unspecified atom stereocenters. The van der Waals surface area contributed by atoms with Crippen LogP contribution in [0.3, 0.4) is 0 Å². The lowest BCUT2D eigenvalue weighted by molar-refractivity contribution is 0.475.